The van der Waals surface area contributed by atoms with Crippen molar-refractivity contribution in [3.05, 3.63) is 18.0 Å². The van der Waals surface area contributed by atoms with Crippen LogP contribution in [-0.4, -0.2) is 52.2 Å². The van der Waals surface area contributed by atoms with Gasteiger partial charge in [-0.25, -0.2) is 0 Å². The van der Waals surface area contributed by atoms with Crippen LogP contribution < -0.4 is 9.46 Å². The van der Waals surface area contributed by atoms with Crippen molar-refractivity contribution in [3.63, 3.8) is 0 Å². The molecule has 2 aromatic rings. The van der Waals surface area contributed by atoms with Gasteiger partial charge in [0.05, 0.1) is 13.2 Å². The molecule has 0 amide bonds. The predicted octanol–water partition coefficient (Wildman–Crippen LogP) is -0.0468. The lowest BCUT2D eigenvalue weighted by molar-refractivity contribution is 0.321. The van der Waals surface area contributed by atoms with Crippen LogP contribution >= 0.6 is 0 Å². The highest BCUT2D eigenvalue weighted by molar-refractivity contribution is 7.87. The Kier molecular flexibility index (Phi) is 4.23. The van der Waals surface area contributed by atoms with Gasteiger partial charge in [-0.15, -0.1) is 15.3 Å². The first-order valence-electron chi connectivity index (χ1n) is 7.19. The molecule has 10 heteroatoms. The molecule has 0 aromatic carbocycles. The molecule has 0 radical (unpaired) electrons. The zero-order valence-corrected chi connectivity index (χ0v) is 13.1. The van der Waals surface area contributed by atoms with E-state index >= 15 is 0 Å². The summed E-state index contributed by atoms with van der Waals surface area (Å²) in [5.74, 6) is 0.859. The fourth-order valence-electron chi connectivity index (χ4n) is 2.33. The van der Waals surface area contributed by atoms with Crippen molar-refractivity contribution in [3.8, 4) is 5.88 Å². The lowest BCUT2D eigenvalue weighted by atomic mass is 10.4. The van der Waals surface area contributed by atoms with E-state index in [0.717, 1.165) is 12.8 Å². The Morgan fingerprint density at radius 1 is 1.27 bits per heavy atom. The molecule has 3 rings (SSSR count). The highest BCUT2D eigenvalue weighted by Crippen LogP contribution is 2.12. The number of hydrogen-bond donors (Lipinski definition) is 1. The quantitative estimate of drug-likeness (QED) is 0.799. The minimum Gasteiger partial charge on any atom is -0.477 e. The first-order valence-corrected chi connectivity index (χ1v) is 8.63. The van der Waals surface area contributed by atoms with Crippen molar-refractivity contribution < 1.29 is 13.2 Å². The fourth-order valence-corrected chi connectivity index (χ4v) is 3.56. The SMILES string of the molecule is CCOc1ccc2nnc(CNS(=O)(=O)N3CCCC3)n2n1. The van der Waals surface area contributed by atoms with Crippen LogP contribution in [0, 0.1) is 0 Å². The van der Waals surface area contributed by atoms with Crippen molar-refractivity contribution in [1.29, 1.82) is 0 Å². The molecule has 1 fully saturated rings. The van der Waals surface area contributed by atoms with Gasteiger partial charge in [-0.3, -0.25) is 0 Å². The molecule has 22 heavy (non-hydrogen) atoms. The van der Waals surface area contributed by atoms with Gasteiger partial charge in [-0.1, -0.05) is 0 Å². The Balaban J connectivity index is 1.77. The molecule has 0 unspecified atom stereocenters. The monoisotopic (exact) mass is 326 g/mol. The Labute approximate surface area is 128 Å². The number of rotatable bonds is 6. The Hall–Kier alpha value is -1.78. The van der Waals surface area contributed by atoms with Crippen molar-refractivity contribution >= 4 is 15.9 Å². The standard InChI is InChI=1S/C12H18N6O3S/c1-2-21-12-6-5-10-14-15-11(18(10)16-12)9-13-22(19,20)17-7-3-4-8-17/h5-6,13H,2-4,7-9H2,1H3. The van der Waals surface area contributed by atoms with E-state index in [9.17, 15) is 8.42 Å². The largest absolute Gasteiger partial charge is 0.477 e. The topological polar surface area (TPSA) is 102 Å². The molecule has 3 heterocycles. The van der Waals surface area contributed by atoms with Gasteiger partial charge in [-0.2, -0.15) is 22.0 Å². The third-order valence-electron chi connectivity index (χ3n) is 3.41. The molecule has 0 bridgehead atoms. The number of ether oxygens (including phenoxy) is 1. The summed E-state index contributed by atoms with van der Waals surface area (Å²) in [7, 11) is -3.48. The molecule has 120 valence electrons. The molecular formula is C12H18N6O3S. The molecule has 1 N–H and O–H groups in total. The zero-order chi connectivity index (χ0) is 15.6. The lowest BCUT2D eigenvalue weighted by Crippen LogP contribution is -2.38. The van der Waals surface area contributed by atoms with Crippen molar-refractivity contribution in [1.82, 2.24) is 28.8 Å². The Morgan fingerprint density at radius 2 is 2.05 bits per heavy atom. The maximum Gasteiger partial charge on any atom is 0.279 e. The van der Waals surface area contributed by atoms with Gasteiger partial charge in [-0.05, 0) is 25.8 Å². The summed E-state index contributed by atoms with van der Waals surface area (Å²) < 4.78 is 35.1. The van der Waals surface area contributed by atoms with Gasteiger partial charge in [0.2, 0.25) is 5.88 Å². The molecule has 0 atom stereocenters. The number of fused-ring (bicyclic) bond motifs is 1. The third-order valence-corrected chi connectivity index (χ3v) is 4.97. The average Bonchev–Trinajstić information content (AvgIpc) is 3.16. The first-order chi connectivity index (χ1) is 10.6. The summed E-state index contributed by atoms with van der Waals surface area (Å²) in [6.07, 6.45) is 1.79. The molecule has 1 aliphatic heterocycles. The summed E-state index contributed by atoms with van der Waals surface area (Å²) in [6.45, 7) is 3.51. The van der Waals surface area contributed by atoms with E-state index in [0.29, 0.717) is 37.0 Å². The van der Waals surface area contributed by atoms with Gasteiger partial charge < -0.3 is 4.74 Å². The number of nitrogens with one attached hydrogen (secondary N) is 1. The lowest BCUT2D eigenvalue weighted by Gasteiger charge is -2.15. The van der Waals surface area contributed by atoms with E-state index in [-0.39, 0.29) is 6.54 Å². The van der Waals surface area contributed by atoms with Crippen LogP contribution in [0.15, 0.2) is 12.1 Å². The van der Waals surface area contributed by atoms with E-state index in [1.807, 2.05) is 6.92 Å². The van der Waals surface area contributed by atoms with E-state index in [4.69, 9.17) is 4.74 Å². The van der Waals surface area contributed by atoms with Gasteiger partial charge in [0.1, 0.15) is 0 Å². The van der Waals surface area contributed by atoms with Gasteiger partial charge in [0.15, 0.2) is 11.5 Å². The van der Waals surface area contributed by atoms with E-state index in [2.05, 4.69) is 20.0 Å². The summed E-state index contributed by atoms with van der Waals surface area (Å²) in [6, 6.07) is 3.43. The molecule has 2 aromatic heterocycles. The smallest absolute Gasteiger partial charge is 0.279 e. The fraction of sp³-hybridized carbons (Fsp3) is 0.583. The minimum atomic E-state index is -3.48. The molecule has 0 spiro atoms. The van der Waals surface area contributed by atoms with Gasteiger partial charge >= 0.3 is 0 Å². The minimum absolute atomic E-state index is 0.0303. The molecule has 1 aliphatic rings. The normalized spacial score (nSPS) is 16.4. The van der Waals surface area contributed by atoms with Crippen LogP contribution in [0.25, 0.3) is 5.65 Å². The zero-order valence-electron chi connectivity index (χ0n) is 12.3. The Morgan fingerprint density at radius 3 is 2.77 bits per heavy atom. The van der Waals surface area contributed by atoms with E-state index < -0.39 is 10.2 Å². The maximum absolute atomic E-state index is 12.1. The van der Waals surface area contributed by atoms with Crippen LogP contribution in [0.1, 0.15) is 25.6 Å². The number of nitrogens with zero attached hydrogens (tertiary/aromatic N) is 5. The number of aromatic nitrogens is 4. The van der Waals surface area contributed by atoms with E-state index in [1.54, 1.807) is 12.1 Å². The van der Waals surface area contributed by atoms with Crippen LogP contribution in [0.5, 0.6) is 5.88 Å². The summed E-state index contributed by atoms with van der Waals surface area (Å²) >= 11 is 0. The van der Waals surface area contributed by atoms with Crippen LogP contribution in [-0.2, 0) is 16.8 Å². The van der Waals surface area contributed by atoms with Crippen molar-refractivity contribution in [2.75, 3.05) is 19.7 Å². The maximum atomic E-state index is 12.1. The van der Waals surface area contributed by atoms with Crippen LogP contribution in [0.3, 0.4) is 0 Å². The first kappa shape index (κ1) is 15.1. The third kappa shape index (κ3) is 3.03. The molecular weight excluding hydrogens is 308 g/mol. The van der Waals surface area contributed by atoms with E-state index in [1.165, 1.54) is 8.82 Å². The highest BCUT2D eigenvalue weighted by atomic mass is 32.2. The van der Waals surface area contributed by atoms with Crippen molar-refractivity contribution in [2.24, 2.45) is 0 Å². The second kappa shape index (κ2) is 6.15. The second-order valence-corrected chi connectivity index (χ2v) is 6.68. The average molecular weight is 326 g/mol. The molecule has 9 nitrogen and oxygen atoms in total. The van der Waals surface area contributed by atoms with Crippen LogP contribution in [0.2, 0.25) is 0 Å². The second-order valence-electron chi connectivity index (χ2n) is 4.92. The van der Waals surface area contributed by atoms with Gasteiger partial charge in [0, 0.05) is 19.2 Å². The van der Waals surface area contributed by atoms with Gasteiger partial charge in [0.25, 0.3) is 10.2 Å². The highest BCUT2D eigenvalue weighted by Gasteiger charge is 2.25. The molecule has 0 aliphatic carbocycles. The Bertz CT molecular complexity index is 753. The molecule has 0 saturated carbocycles. The predicted molar refractivity (Wildman–Crippen MR) is 78.5 cm³/mol. The van der Waals surface area contributed by atoms with Crippen LogP contribution in [0.4, 0.5) is 0 Å². The summed E-state index contributed by atoms with van der Waals surface area (Å²) in [4.78, 5) is 0. The summed E-state index contributed by atoms with van der Waals surface area (Å²) in [5.41, 5.74) is 0.541. The summed E-state index contributed by atoms with van der Waals surface area (Å²) in [5, 5.41) is 12.2. The number of hydrogen-bond acceptors (Lipinski definition) is 6. The van der Waals surface area contributed by atoms with Crippen molar-refractivity contribution in [2.45, 2.75) is 26.3 Å². The molecule has 1 saturated heterocycles.